The van der Waals surface area contributed by atoms with Crippen molar-refractivity contribution < 1.29 is 5.11 Å². The number of fused-ring (bicyclic) bond motifs is 1. The highest BCUT2D eigenvalue weighted by molar-refractivity contribution is 5.67. The van der Waals surface area contributed by atoms with E-state index in [0.29, 0.717) is 35.7 Å². The van der Waals surface area contributed by atoms with E-state index in [1.807, 2.05) is 55.5 Å². The van der Waals surface area contributed by atoms with Gasteiger partial charge in [0.05, 0.1) is 17.1 Å². The number of nitrogens with zero attached hydrogens (tertiary/aromatic N) is 3. The molecular formula is C26H24N4O2. The predicted octanol–water partition coefficient (Wildman–Crippen LogP) is 4.50. The molecule has 4 rings (SSSR count). The summed E-state index contributed by atoms with van der Waals surface area (Å²) in [6.07, 6.45) is 8.31. The highest BCUT2D eigenvalue weighted by Crippen LogP contribution is 2.22. The molecule has 0 saturated heterocycles. The SMILES string of the molecule is C=N/C(=C\C=C/C)c1cn2c(=O)c(Cc3ccc(O)cc3)nc-2c(Cc2ccccc2)[nH]1. The lowest BCUT2D eigenvalue weighted by Crippen LogP contribution is -2.18. The molecule has 0 saturated carbocycles. The number of aromatic amines is 1. The second-order valence-corrected chi connectivity index (χ2v) is 7.44. The van der Waals surface area contributed by atoms with Crippen LogP contribution in [0.3, 0.4) is 0 Å². The minimum absolute atomic E-state index is 0.174. The van der Waals surface area contributed by atoms with Crippen LogP contribution in [0.15, 0.2) is 88.8 Å². The summed E-state index contributed by atoms with van der Waals surface area (Å²) in [7, 11) is 0. The van der Waals surface area contributed by atoms with E-state index >= 15 is 0 Å². The number of rotatable bonds is 7. The molecule has 32 heavy (non-hydrogen) atoms. The van der Waals surface area contributed by atoms with E-state index in [2.05, 4.69) is 16.7 Å². The number of phenols is 1. The molecule has 0 amide bonds. The minimum Gasteiger partial charge on any atom is -0.508 e. The first-order chi connectivity index (χ1) is 15.6. The van der Waals surface area contributed by atoms with Crippen LogP contribution in [-0.4, -0.2) is 26.4 Å². The van der Waals surface area contributed by atoms with Crippen molar-refractivity contribution in [3.8, 4) is 11.6 Å². The van der Waals surface area contributed by atoms with Crippen LogP contribution in [0.1, 0.15) is 35.1 Å². The largest absolute Gasteiger partial charge is 0.508 e. The van der Waals surface area contributed by atoms with Crippen LogP contribution in [0.5, 0.6) is 5.75 Å². The van der Waals surface area contributed by atoms with Gasteiger partial charge in [-0.3, -0.25) is 14.4 Å². The first-order valence-electron chi connectivity index (χ1n) is 10.3. The summed E-state index contributed by atoms with van der Waals surface area (Å²) in [4.78, 5) is 25.5. The molecule has 0 fully saturated rings. The van der Waals surface area contributed by atoms with Crippen molar-refractivity contribution >= 4 is 12.4 Å². The fraction of sp³-hybridized carbons (Fsp3) is 0.115. The first-order valence-corrected chi connectivity index (χ1v) is 10.3. The van der Waals surface area contributed by atoms with E-state index < -0.39 is 0 Å². The highest BCUT2D eigenvalue weighted by Gasteiger charge is 2.20. The summed E-state index contributed by atoms with van der Waals surface area (Å²) in [5.41, 5.74) is 4.41. The number of benzene rings is 2. The molecule has 0 unspecified atom stereocenters. The summed E-state index contributed by atoms with van der Waals surface area (Å²) >= 11 is 0. The van der Waals surface area contributed by atoms with Crippen molar-refractivity contribution in [1.82, 2.24) is 14.5 Å². The number of aromatic nitrogens is 3. The van der Waals surface area contributed by atoms with E-state index in [9.17, 15) is 9.90 Å². The van der Waals surface area contributed by atoms with Crippen LogP contribution in [-0.2, 0) is 12.8 Å². The fourth-order valence-corrected chi connectivity index (χ4v) is 3.57. The first kappa shape index (κ1) is 21.1. The normalized spacial score (nSPS) is 12.0. The number of aliphatic imine (C=N–C) groups is 1. The lowest BCUT2D eigenvalue weighted by atomic mass is 10.1. The molecular weight excluding hydrogens is 400 g/mol. The maximum atomic E-state index is 13.2. The van der Waals surface area contributed by atoms with Gasteiger partial charge in [0.25, 0.3) is 5.56 Å². The molecule has 0 radical (unpaired) electrons. The molecule has 2 N–H and O–H groups in total. The average molecular weight is 425 g/mol. The number of hydrogen-bond acceptors (Lipinski definition) is 4. The second-order valence-electron chi connectivity index (χ2n) is 7.44. The number of H-pyrrole nitrogens is 1. The molecule has 2 aliphatic rings. The van der Waals surface area contributed by atoms with E-state index in [4.69, 9.17) is 4.98 Å². The number of phenolic OH excluding ortho intramolecular Hbond substituents is 1. The molecule has 0 bridgehead atoms. The van der Waals surface area contributed by atoms with Crippen LogP contribution in [0, 0.1) is 0 Å². The third-order valence-corrected chi connectivity index (χ3v) is 5.17. The van der Waals surface area contributed by atoms with Crippen LogP contribution in [0.25, 0.3) is 11.5 Å². The molecule has 2 heterocycles. The van der Waals surface area contributed by atoms with Gasteiger partial charge in [-0.15, -0.1) is 0 Å². The van der Waals surface area contributed by atoms with Gasteiger partial charge in [-0.1, -0.05) is 54.6 Å². The molecule has 0 spiro atoms. The van der Waals surface area contributed by atoms with Crippen molar-refractivity contribution in [3.63, 3.8) is 0 Å². The van der Waals surface area contributed by atoms with Gasteiger partial charge in [-0.05, 0) is 43.0 Å². The summed E-state index contributed by atoms with van der Waals surface area (Å²) in [5.74, 6) is 0.777. The van der Waals surface area contributed by atoms with Crippen molar-refractivity contribution in [1.29, 1.82) is 0 Å². The molecule has 0 aliphatic carbocycles. The quantitative estimate of drug-likeness (QED) is 0.338. The molecule has 0 atom stereocenters. The van der Waals surface area contributed by atoms with Crippen molar-refractivity contribution in [2.45, 2.75) is 19.8 Å². The number of aromatic hydroxyl groups is 1. The lowest BCUT2D eigenvalue weighted by Gasteiger charge is -2.13. The summed E-state index contributed by atoms with van der Waals surface area (Å²) in [5, 5.41) is 9.53. The Kier molecular flexibility index (Phi) is 6.12. The molecule has 160 valence electrons. The third-order valence-electron chi connectivity index (χ3n) is 5.17. The Morgan fingerprint density at radius 2 is 1.84 bits per heavy atom. The van der Waals surface area contributed by atoms with E-state index in [-0.39, 0.29) is 11.3 Å². The van der Waals surface area contributed by atoms with E-state index in [1.54, 1.807) is 35.0 Å². The zero-order valence-corrected chi connectivity index (χ0v) is 17.8. The Hall–Kier alpha value is -4.19. The molecule has 6 heteroatoms. The smallest absolute Gasteiger partial charge is 0.278 e. The predicted molar refractivity (Wildman–Crippen MR) is 128 cm³/mol. The number of hydrogen-bond donors (Lipinski definition) is 2. The number of imidazole rings is 1. The Morgan fingerprint density at radius 1 is 1.12 bits per heavy atom. The lowest BCUT2D eigenvalue weighted by molar-refractivity contribution is 0.475. The Labute approximate surface area is 186 Å². The summed E-state index contributed by atoms with van der Waals surface area (Å²) in [6.45, 7) is 5.60. The summed E-state index contributed by atoms with van der Waals surface area (Å²) < 4.78 is 1.58. The summed E-state index contributed by atoms with van der Waals surface area (Å²) in [6, 6.07) is 16.8. The van der Waals surface area contributed by atoms with Gasteiger partial charge in [0, 0.05) is 19.0 Å². The van der Waals surface area contributed by atoms with E-state index in [0.717, 1.165) is 16.8 Å². The van der Waals surface area contributed by atoms with Crippen LogP contribution < -0.4 is 5.56 Å². The maximum Gasteiger partial charge on any atom is 0.278 e. The maximum absolute atomic E-state index is 13.2. The topological polar surface area (TPSA) is 83.3 Å². The molecule has 0 aromatic heterocycles. The average Bonchev–Trinajstić information content (AvgIpc) is 3.12. The van der Waals surface area contributed by atoms with Gasteiger partial charge < -0.3 is 10.1 Å². The molecule has 2 aliphatic heterocycles. The van der Waals surface area contributed by atoms with Gasteiger partial charge in [-0.2, -0.15) is 0 Å². The minimum atomic E-state index is -0.174. The van der Waals surface area contributed by atoms with Crippen LogP contribution in [0.2, 0.25) is 0 Å². The van der Waals surface area contributed by atoms with Crippen LogP contribution >= 0.6 is 0 Å². The van der Waals surface area contributed by atoms with Crippen molar-refractivity contribution in [2.24, 2.45) is 4.99 Å². The Balaban J connectivity index is 1.85. The Morgan fingerprint density at radius 3 is 2.53 bits per heavy atom. The van der Waals surface area contributed by atoms with Gasteiger partial charge in [0.1, 0.15) is 11.4 Å². The standard InChI is InChI=1S/C26H24N4O2/c1-3-4-10-21(27-2)24-17-30-25(22(28-24)15-18-8-6-5-7-9-18)29-23(26(30)32)16-19-11-13-20(31)14-12-19/h3-14,17,28,31H,2,15-16H2,1H3/b4-3-,21-10-. The van der Waals surface area contributed by atoms with Gasteiger partial charge in [0.2, 0.25) is 0 Å². The second kappa shape index (κ2) is 9.31. The zero-order chi connectivity index (χ0) is 22.5. The van der Waals surface area contributed by atoms with E-state index in [1.165, 1.54) is 0 Å². The van der Waals surface area contributed by atoms with Crippen LogP contribution in [0.4, 0.5) is 0 Å². The molecule has 2 aromatic rings. The Bertz CT molecular complexity index is 1310. The molecule has 6 nitrogen and oxygen atoms in total. The van der Waals surface area contributed by atoms with Gasteiger partial charge in [-0.25, -0.2) is 4.98 Å². The number of allylic oxidation sites excluding steroid dienone is 3. The van der Waals surface area contributed by atoms with Gasteiger partial charge >= 0.3 is 0 Å². The zero-order valence-electron chi connectivity index (χ0n) is 17.8. The fourth-order valence-electron chi connectivity index (χ4n) is 3.57. The molecule has 2 aromatic carbocycles. The van der Waals surface area contributed by atoms with Gasteiger partial charge in [0.15, 0.2) is 5.82 Å². The highest BCUT2D eigenvalue weighted by atomic mass is 16.3. The monoisotopic (exact) mass is 424 g/mol. The van der Waals surface area contributed by atoms with Crippen molar-refractivity contribution in [3.05, 3.63) is 118 Å². The number of nitrogens with one attached hydrogen (secondary N) is 1. The van der Waals surface area contributed by atoms with Crippen molar-refractivity contribution in [2.75, 3.05) is 0 Å². The third kappa shape index (κ3) is 4.44.